The zero-order chi connectivity index (χ0) is 17.9. The molecule has 0 fully saturated rings. The van der Waals surface area contributed by atoms with Crippen LogP contribution >= 0.6 is 0 Å². The van der Waals surface area contributed by atoms with Crippen LogP contribution in [0.15, 0.2) is 48.0 Å². The summed E-state index contributed by atoms with van der Waals surface area (Å²) in [4.78, 5) is 8.62. The number of aromatic nitrogens is 2. The highest BCUT2D eigenvalue weighted by Gasteiger charge is 2.08. The maximum absolute atomic E-state index is 5.93. The molecule has 0 spiro atoms. The van der Waals surface area contributed by atoms with E-state index in [4.69, 9.17) is 9.47 Å². The molecular weight excluding hydrogens is 318 g/mol. The van der Waals surface area contributed by atoms with Gasteiger partial charge in [0.2, 0.25) is 0 Å². The van der Waals surface area contributed by atoms with Gasteiger partial charge in [0.05, 0.1) is 20.0 Å². The van der Waals surface area contributed by atoms with Gasteiger partial charge < -0.3 is 24.7 Å². The molecule has 7 heteroatoms. The van der Waals surface area contributed by atoms with Crippen molar-refractivity contribution >= 4 is 5.96 Å². The molecule has 0 aliphatic rings. The minimum Gasteiger partial charge on any atom is -0.493 e. The normalized spacial score (nSPS) is 12.5. The van der Waals surface area contributed by atoms with Crippen molar-refractivity contribution in [3.8, 4) is 11.5 Å². The van der Waals surface area contributed by atoms with Crippen LogP contribution in [0.4, 0.5) is 0 Å². The second-order valence-electron chi connectivity index (χ2n) is 5.53. The highest BCUT2D eigenvalue weighted by molar-refractivity contribution is 5.79. The number of ether oxygens (including phenoxy) is 2. The van der Waals surface area contributed by atoms with Gasteiger partial charge in [-0.3, -0.25) is 0 Å². The number of hydrogen-bond donors (Lipinski definition) is 2. The molecule has 0 saturated carbocycles. The number of guanidine groups is 1. The van der Waals surface area contributed by atoms with E-state index in [-0.39, 0.29) is 6.10 Å². The largest absolute Gasteiger partial charge is 0.493 e. The molecule has 2 N–H and O–H groups in total. The predicted molar refractivity (Wildman–Crippen MR) is 99.3 cm³/mol. The summed E-state index contributed by atoms with van der Waals surface area (Å²) in [6.07, 6.45) is 5.44. The number of rotatable bonds is 9. The number of para-hydroxylation sites is 2. The molecule has 0 saturated heterocycles. The fourth-order valence-corrected chi connectivity index (χ4v) is 2.25. The van der Waals surface area contributed by atoms with Gasteiger partial charge in [-0.2, -0.15) is 0 Å². The van der Waals surface area contributed by atoms with Gasteiger partial charge in [-0.05, 0) is 26.0 Å². The lowest BCUT2D eigenvalue weighted by Gasteiger charge is -2.16. The quantitative estimate of drug-likeness (QED) is 0.537. The zero-order valence-electron chi connectivity index (χ0n) is 15.1. The van der Waals surface area contributed by atoms with Gasteiger partial charge in [0.25, 0.3) is 0 Å². The fraction of sp³-hybridized carbons (Fsp3) is 0.444. The monoisotopic (exact) mass is 345 g/mol. The number of nitrogens with one attached hydrogen (secondary N) is 2. The Hall–Kier alpha value is -2.70. The number of imidazole rings is 1. The lowest BCUT2D eigenvalue weighted by molar-refractivity contribution is 0.219. The number of hydrogen-bond acceptors (Lipinski definition) is 4. The first kappa shape index (κ1) is 18.6. The van der Waals surface area contributed by atoms with E-state index < -0.39 is 0 Å². The van der Waals surface area contributed by atoms with Crippen LogP contribution in [0.1, 0.15) is 13.8 Å². The molecule has 1 aromatic carbocycles. The van der Waals surface area contributed by atoms with E-state index in [2.05, 4.69) is 20.6 Å². The molecule has 1 atom stereocenters. The summed E-state index contributed by atoms with van der Waals surface area (Å²) in [6, 6.07) is 7.62. The summed E-state index contributed by atoms with van der Waals surface area (Å²) in [5.41, 5.74) is 0. The Bertz CT molecular complexity index is 643. The van der Waals surface area contributed by atoms with Crippen molar-refractivity contribution in [2.24, 2.45) is 4.99 Å². The van der Waals surface area contributed by atoms with E-state index in [1.807, 2.05) is 48.9 Å². The minimum atomic E-state index is -0.0691. The van der Waals surface area contributed by atoms with Crippen LogP contribution in [0.5, 0.6) is 11.5 Å². The van der Waals surface area contributed by atoms with Gasteiger partial charge >= 0.3 is 0 Å². The standard InChI is InChI=1S/C18H27N5O2/c1-4-20-18(21-10-12-23-11-9-19-14-23)22-13-15(2)25-17-8-6-5-7-16(17)24-3/h5-9,11,14-15H,4,10,12-13H2,1-3H3,(H2,20,21,22). The van der Waals surface area contributed by atoms with Gasteiger partial charge in [-0.15, -0.1) is 0 Å². The SMILES string of the molecule is CCNC(=NCC(C)Oc1ccccc1OC)NCCn1ccnc1. The highest BCUT2D eigenvalue weighted by Crippen LogP contribution is 2.26. The van der Waals surface area contributed by atoms with Crippen molar-refractivity contribution in [1.29, 1.82) is 0 Å². The maximum Gasteiger partial charge on any atom is 0.191 e. The molecule has 0 aliphatic heterocycles. The third-order valence-electron chi connectivity index (χ3n) is 3.47. The first-order valence-corrected chi connectivity index (χ1v) is 8.50. The van der Waals surface area contributed by atoms with Crippen molar-refractivity contribution in [3.05, 3.63) is 43.0 Å². The first-order valence-electron chi connectivity index (χ1n) is 8.50. The number of benzene rings is 1. The molecule has 0 amide bonds. The summed E-state index contributed by atoms with van der Waals surface area (Å²) in [5, 5.41) is 6.55. The first-order chi connectivity index (χ1) is 12.2. The lowest BCUT2D eigenvalue weighted by Crippen LogP contribution is -2.39. The molecule has 1 aromatic heterocycles. The van der Waals surface area contributed by atoms with Crippen LogP contribution in [0.2, 0.25) is 0 Å². The molecule has 1 unspecified atom stereocenters. The van der Waals surface area contributed by atoms with Crippen LogP contribution in [0, 0.1) is 0 Å². The van der Waals surface area contributed by atoms with Gasteiger partial charge in [-0.1, -0.05) is 12.1 Å². The molecular formula is C18H27N5O2. The van der Waals surface area contributed by atoms with Crippen molar-refractivity contribution in [2.45, 2.75) is 26.5 Å². The lowest BCUT2D eigenvalue weighted by atomic mass is 10.3. The molecule has 0 radical (unpaired) electrons. The average Bonchev–Trinajstić information content (AvgIpc) is 3.13. The second kappa shape index (κ2) is 10.2. The Labute approximate surface area is 149 Å². The molecule has 0 bridgehead atoms. The highest BCUT2D eigenvalue weighted by atomic mass is 16.5. The molecule has 2 aromatic rings. The molecule has 2 rings (SSSR count). The fourth-order valence-electron chi connectivity index (χ4n) is 2.25. The number of nitrogens with zero attached hydrogens (tertiary/aromatic N) is 3. The van der Waals surface area contributed by atoms with Crippen molar-refractivity contribution in [3.63, 3.8) is 0 Å². The Balaban J connectivity index is 1.84. The number of aliphatic imine (C=N–C) groups is 1. The molecule has 1 heterocycles. The van der Waals surface area contributed by atoms with Gasteiger partial charge in [-0.25, -0.2) is 9.98 Å². The van der Waals surface area contributed by atoms with Crippen LogP contribution < -0.4 is 20.1 Å². The Morgan fingerprint density at radius 2 is 2.08 bits per heavy atom. The summed E-state index contributed by atoms with van der Waals surface area (Å²) in [7, 11) is 1.64. The summed E-state index contributed by atoms with van der Waals surface area (Å²) >= 11 is 0. The maximum atomic E-state index is 5.93. The van der Waals surface area contributed by atoms with E-state index in [0.29, 0.717) is 6.54 Å². The zero-order valence-corrected chi connectivity index (χ0v) is 15.1. The van der Waals surface area contributed by atoms with Crippen molar-refractivity contribution < 1.29 is 9.47 Å². The number of methoxy groups -OCH3 is 1. The van der Waals surface area contributed by atoms with E-state index in [1.165, 1.54) is 0 Å². The van der Waals surface area contributed by atoms with Crippen molar-refractivity contribution in [2.75, 3.05) is 26.7 Å². The smallest absolute Gasteiger partial charge is 0.191 e. The van der Waals surface area contributed by atoms with Gasteiger partial charge in [0, 0.05) is 32.0 Å². The molecule has 7 nitrogen and oxygen atoms in total. The van der Waals surface area contributed by atoms with Crippen LogP contribution in [-0.2, 0) is 6.54 Å². The average molecular weight is 345 g/mol. The van der Waals surface area contributed by atoms with E-state index in [0.717, 1.165) is 37.1 Å². The Kier molecular flexibility index (Phi) is 7.62. The van der Waals surface area contributed by atoms with Crippen LogP contribution in [0.3, 0.4) is 0 Å². The Morgan fingerprint density at radius 3 is 2.76 bits per heavy atom. The Morgan fingerprint density at radius 1 is 1.28 bits per heavy atom. The van der Waals surface area contributed by atoms with E-state index in [9.17, 15) is 0 Å². The van der Waals surface area contributed by atoms with Gasteiger partial charge in [0.15, 0.2) is 17.5 Å². The van der Waals surface area contributed by atoms with Gasteiger partial charge in [0.1, 0.15) is 6.10 Å². The third kappa shape index (κ3) is 6.37. The van der Waals surface area contributed by atoms with E-state index >= 15 is 0 Å². The topological polar surface area (TPSA) is 72.7 Å². The van der Waals surface area contributed by atoms with Crippen LogP contribution in [0.25, 0.3) is 0 Å². The summed E-state index contributed by atoms with van der Waals surface area (Å²) < 4.78 is 13.3. The third-order valence-corrected chi connectivity index (χ3v) is 3.47. The summed E-state index contributed by atoms with van der Waals surface area (Å²) in [5.74, 6) is 2.23. The van der Waals surface area contributed by atoms with Crippen LogP contribution in [-0.4, -0.2) is 48.4 Å². The molecule has 136 valence electrons. The van der Waals surface area contributed by atoms with Crippen molar-refractivity contribution in [1.82, 2.24) is 20.2 Å². The molecule has 25 heavy (non-hydrogen) atoms. The summed E-state index contributed by atoms with van der Waals surface area (Å²) in [6.45, 7) is 6.98. The predicted octanol–water partition coefficient (Wildman–Crippen LogP) is 1.91. The second-order valence-corrected chi connectivity index (χ2v) is 5.53. The minimum absolute atomic E-state index is 0.0691. The molecule has 0 aliphatic carbocycles. The van der Waals surface area contributed by atoms with E-state index in [1.54, 1.807) is 19.6 Å².